The summed E-state index contributed by atoms with van der Waals surface area (Å²) in [5, 5.41) is 0. The van der Waals surface area contributed by atoms with Crippen molar-refractivity contribution in [3.63, 3.8) is 0 Å². The van der Waals surface area contributed by atoms with Crippen molar-refractivity contribution in [3.05, 3.63) is 59.9 Å². The molecule has 1 heterocycles. The molecule has 96 valence electrons. The van der Waals surface area contributed by atoms with Gasteiger partial charge in [-0.05, 0) is 36.3 Å². The van der Waals surface area contributed by atoms with E-state index >= 15 is 0 Å². The van der Waals surface area contributed by atoms with Gasteiger partial charge in [-0.3, -0.25) is 0 Å². The number of hydrogen-bond donors (Lipinski definition) is 0. The summed E-state index contributed by atoms with van der Waals surface area (Å²) in [6.07, 6.45) is -3.11. The lowest BCUT2D eigenvalue weighted by Gasteiger charge is -2.08. The summed E-state index contributed by atoms with van der Waals surface area (Å²) in [7, 11) is 0. The lowest BCUT2D eigenvalue weighted by Crippen LogP contribution is -2.17. The zero-order chi connectivity index (χ0) is 13.7. The van der Waals surface area contributed by atoms with Gasteiger partial charge in [0.25, 0.3) is 0 Å². The van der Waals surface area contributed by atoms with E-state index < -0.39 is 6.36 Å². The van der Waals surface area contributed by atoms with E-state index in [2.05, 4.69) is 21.6 Å². The van der Waals surface area contributed by atoms with Crippen LogP contribution in [0.25, 0.3) is 0 Å². The van der Waals surface area contributed by atoms with Gasteiger partial charge in [-0.15, -0.1) is 13.2 Å². The molecule has 0 saturated heterocycles. The fraction of sp³-hybridized carbons (Fsp3) is 0.0714. The molecule has 0 atom stereocenters. The van der Waals surface area contributed by atoms with Gasteiger partial charge in [-0.25, -0.2) is 4.98 Å². The van der Waals surface area contributed by atoms with Crippen molar-refractivity contribution in [1.82, 2.24) is 4.98 Å². The highest BCUT2D eigenvalue weighted by Gasteiger charge is 2.30. The van der Waals surface area contributed by atoms with E-state index in [0.717, 1.165) is 0 Å². The monoisotopic (exact) mass is 263 g/mol. The first-order valence-corrected chi connectivity index (χ1v) is 5.32. The van der Waals surface area contributed by atoms with Gasteiger partial charge < -0.3 is 4.74 Å². The number of halogens is 3. The Morgan fingerprint density at radius 2 is 1.84 bits per heavy atom. The van der Waals surface area contributed by atoms with Gasteiger partial charge in [0.05, 0.1) is 0 Å². The van der Waals surface area contributed by atoms with E-state index in [-0.39, 0.29) is 5.75 Å². The van der Waals surface area contributed by atoms with Crippen LogP contribution < -0.4 is 4.74 Å². The summed E-state index contributed by atoms with van der Waals surface area (Å²) in [5.74, 6) is 5.19. The maximum absolute atomic E-state index is 12.1. The first-order valence-electron chi connectivity index (χ1n) is 5.32. The van der Waals surface area contributed by atoms with Crippen LogP contribution in [0.3, 0.4) is 0 Å². The standard InChI is InChI=1S/C14H8F3NO/c15-14(16,17)19-13-6-3-4-11(10-13)7-8-12-5-1-2-9-18-12/h1-6,9-10H. The van der Waals surface area contributed by atoms with Crippen LogP contribution in [-0.2, 0) is 0 Å². The van der Waals surface area contributed by atoms with Crippen molar-refractivity contribution in [1.29, 1.82) is 0 Å². The average molecular weight is 263 g/mol. The molecule has 5 heteroatoms. The van der Waals surface area contributed by atoms with Crippen LogP contribution in [0.15, 0.2) is 48.7 Å². The largest absolute Gasteiger partial charge is 0.573 e. The van der Waals surface area contributed by atoms with E-state index in [9.17, 15) is 13.2 Å². The van der Waals surface area contributed by atoms with Gasteiger partial charge >= 0.3 is 6.36 Å². The van der Waals surface area contributed by atoms with Crippen LogP contribution in [0.5, 0.6) is 5.75 Å². The molecule has 0 radical (unpaired) electrons. The van der Waals surface area contributed by atoms with E-state index in [1.807, 2.05) is 0 Å². The van der Waals surface area contributed by atoms with Gasteiger partial charge in [0.2, 0.25) is 0 Å². The lowest BCUT2D eigenvalue weighted by atomic mass is 10.2. The predicted octanol–water partition coefficient (Wildman–Crippen LogP) is 3.38. The predicted molar refractivity (Wildman–Crippen MR) is 63.3 cm³/mol. The summed E-state index contributed by atoms with van der Waals surface area (Å²) >= 11 is 0. The van der Waals surface area contributed by atoms with Crippen LogP contribution in [-0.4, -0.2) is 11.3 Å². The minimum absolute atomic E-state index is 0.291. The number of aromatic nitrogens is 1. The third-order valence-electron chi connectivity index (χ3n) is 2.07. The third kappa shape index (κ3) is 4.36. The Hall–Kier alpha value is -2.48. The molecule has 0 amide bonds. The van der Waals surface area contributed by atoms with Crippen molar-refractivity contribution in [3.8, 4) is 17.6 Å². The molecule has 2 aromatic rings. The van der Waals surface area contributed by atoms with E-state index in [0.29, 0.717) is 11.3 Å². The number of rotatable bonds is 1. The molecule has 0 aliphatic carbocycles. The van der Waals surface area contributed by atoms with E-state index in [1.165, 1.54) is 18.2 Å². The van der Waals surface area contributed by atoms with E-state index in [1.54, 1.807) is 30.5 Å². The van der Waals surface area contributed by atoms with Crippen LogP contribution in [0, 0.1) is 11.8 Å². The molecule has 1 aromatic heterocycles. The molecular weight excluding hydrogens is 255 g/mol. The highest BCUT2D eigenvalue weighted by atomic mass is 19.4. The summed E-state index contributed by atoms with van der Waals surface area (Å²) in [6.45, 7) is 0. The Labute approximate surface area is 107 Å². The molecule has 0 N–H and O–H groups in total. The fourth-order valence-electron chi connectivity index (χ4n) is 1.34. The summed E-state index contributed by atoms with van der Waals surface area (Å²) < 4.78 is 40.0. The SMILES string of the molecule is FC(F)(F)Oc1cccc(C#Cc2ccccn2)c1. The number of alkyl halides is 3. The van der Waals surface area contributed by atoms with Crippen molar-refractivity contribution >= 4 is 0 Å². The summed E-state index contributed by atoms with van der Waals surface area (Å²) in [6, 6.07) is 10.7. The molecule has 0 unspecified atom stereocenters. The lowest BCUT2D eigenvalue weighted by molar-refractivity contribution is -0.274. The molecule has 0 saturated carbocycles. The minimum atomic E-state index is -4.70. The quantitative estimate of drug-likeness (QED) is 0.736. The topological polar surface area (TPSA) is 22.1 Å². The minimum Gasteiger partial charge on any atom is -0.406 e. The molecule has 2 rings (SSSR count). The highest BCUT2D eigenvalue weighted by Crippen LogP contribution is 2.22. The van der Waals surface area contributed by atoms with Gasteiger partial charge in [0.15, 0.2) is 0 Å². The van der Waals surface area contributed by atoms with Crippen LogP contribution in [0.4, 0.5) is 13.2 Å². The number of ether oxygens (including phenoxy) is 1. The molecule has 19 heavy (non-hydrogen) atoms. The van der Waals surface area contributed by atoms with Gasteiger partial charge in [0, 0.05) is 11.8 Å². The molecule has 1 aromatic carbocycles. The van der Waals surface area contributed by atoms with Crippen molar-refractivity contribution in [2.75, 3.05) is 0 Å². The highest BCUT2D eigenvalue weighted by molar-refractivity contribution is 5.43. The Bertz CT molecular complexity index is 612. The third-order valence-corrected chi connectivity index (χ3v) is 2.07. The second kappa shape index (κ2) is 5.44. The maximum atomic E-state index is 12.1. The van der Waals surface area contributed by atoms with Gasteiger partial charge in [0.1, 0.15) is 11.4 Å². The Morgan fingerprint density at radius 3 is 2.53 bits per heavy atom. The molecule has 0 spiro atoms. The van der Waals surface area contributed by atoms with Crippen LogP contribution in [0.1, 0.15) is 11.3 Å². The summed E-state index contributed by atoms with van der Waals surface area (Å²) in [5.41, 5.74) is 0.969. The molecule has 2 nitrogen and oxygen atoms in total. The second-order valence-electron chi connectivity index (χ2n) is 3.54. The molecule has 0 fully saturated rings. The fourth-order valence-corrected chi connectivity index (χ4v) is 1.34. The maximum Gasteiger partial charge on any atom is 0.573 e. The zero-order valence-corrected chi connectivity index (χ0v) is 9.61. The zero-order valence-electron chi connectivity index (χ0n) is 9.61. The molecule has 0 aliphatic rings. The van der Waals surface area contributed by atoms with Crippen LogP contribution in [0.2, 0.25) is 0 Å². The molecular formula is C14H8F3NO. The number of benzene rings is 1. The van der Waals surface area contributed by atoms with Crippen molar-refractivity contribution in [2.24, 2.45) is 0 Å². The molecule has 0 aliphatic heterocycles. The normalized spacial score (nSPS) is 10.5. The van der Waals surface area contributed by atoms with Crippen molar-refractivity contribution < 1.29 is 17.9 Å². The smallest absolute Gasteiger partial charge is 0.406 e. The van der Waals surface area contributed by atoms with E-state index in [4.69, 9.17) is 0 Å². The Balaban J connectivity index is 2.18. The average Bonchev–Trinajstić information content (AvgIpc) is 2.36. The number of pyridine rings is 1. The first-order chi connectivity index (χ1) is 9.03. The number of hydrogen-bond acceptors (Lipinski definition) is 2. The summed E-state index contributed by atoms with van der Waals surface area (Å²) in [4.78, 5) is 3.99. The Kier molecular flexibility index (Phi) is 3.71. The first kappa shape index (κ1) is 13.0. The van der Waals surface area contributed by atoms with Gasteiger partial charge in [-0.2, -0.15) is 0 Å². The van der Waals surface area contributed by atoms with Gasteiger partial charge in [-0.1, -0.05) is 18.1 Å². The second-order valence-corrected chi connectivity index (χ2v) is 3.54. The molecule has 0 bridgehead atoms. The Morgan fingerprint density at radius 1 is 1.00 bits per heavy atom. The van der Waals surface area contributed by atoms with Crippen LogP contribution >= 0.6 is 0 Å². The number of nitrogens with zero attached hydrogens (tertiary/aromatic N) is 1. The van der Waals surface area contributed by atoms with Crippen molar-refractivity contribution in [2.45, 2.75) is 6.36 Å².